The Hall–Kier alpha value is -2.63. The van der Waals surface area contributed by atoms with Gasteiger partial charge in [-0.2, -0.15) is 5.10 Å². The molecule has 0 saturated carbocycles. The number of rotatable bonds is 2. The van der Waals surface area contributed by atoms with Crippen LogP contribution < -0.4 is 5.32 Å². The first-order chi connectivity index (χ1) is 9.15. The number of hydrogen-bond acceptors (Lipinski definition) is 3. The Bertz CT molecular complexity index is 676. The molecule has 96 valence electrons. The minimum Gasteiger partial charge on any atom is -0.477 e. The van der Waals surface area contributed by atoms with Crippen LogP contribution in [0.4, 0.5) is 5.69 Å². The van der Waals surface area contributed by atoms with Crippen molar-refractivity contribution in [3.05, 3.63) is 35.5 Å². The minimum atomic E-state index is -1.06. The highest BCUT2D eigenvalue weighted by atomic mass is 16.4. The Balaban J connectivity index is 2.09. The molecule has 1 amide bonds. The fourth-order valence-electron chi connectivity index (χ4n) is 2.19. The van der Waals surface area contributed by atoms with Gasteiger partial charge >= 0.3 is 5.97 Å². The summed E-state index contributed by atoms with van der Waals surface area (Å²) in [5.41, 5.74) is 3.03. The summed E-state index contributed by atoms with van der Waals surface area (Å²) in [6.45, 7) is 0. The number of carbonyl (C=O) groups excluding carboxylic acids is 1. The third-order valence-electron chi connectivity index (χ3n) is 3.12. The van der Waals surface area contributed by atoms with E-state index < -0.39 is 5.97 Å². The van der Waals surface area contributed by atoms with Crippen LogP contribution in [0.1, 0.15) is 22.5 Å². The molecule has 3 rings (SSSR count). The number of aromatic amines is 1. The zero-order chi connectivity index (χ0) is 13.4. The Morgan fingerprint density at radius 1 is 1.32 bits per heavy atom. The SMILES string of the molecule is O=C1CCc2cccc(-c3cc(C(=O)O)[nH]n3)c2N1. The van der Waals surface area contributed by atoms with Crippen LogP contribution in [-0.2, 0) is 11.2 Å². The minimum absolute atomic E-state index is 0.0229. The van der Waals surface area contributed by atoms with Gasteiger partial charge in [-0.15, -0.1) is 0 Å². The van der Waals surface area contributed by atoms with Crippen molar-refractivity contribution in [3.63, 3.8) is 0 Å². The normalized spacial score (nSPS) is 13.8. The third kappa shape index (κ3) is 1.97. The number of anilines is 1. The number of aromatic nitrogens is 2. The summed E-state index contributed by atoms with van der Waals surface area (Å²) in [6.07, 6.45) is 1.16. The second kappa shape index (κ2) is 4.24. The number of hydrogen-bond donors (Lipinski definition) is 3. The highest BCUT2D eigenvalue weighted by molar-refractivity contribution is 5.99. The van der Waals surface area contributed by atoms with Crippen molar-refractivity contribution in [2.75, 3.05) is 5.32 Å². The van der Waals surface area contributed by atoms with Gasteiger partial charge in [0, 0.05) is 12.0 Å². The zero-order valence-electron chi connectivity index (χ0n) is 9.93. The number of nitrogens with one attached hydrogen (secondary N) is 2. The molecule has 6 nitrogen and oxygen atoms in total. The van der Waals surface area contributed by atoms with E-state index in [1.54, 1.807) is 0 Å². The number of H-pyrrole nitrogens is 1. The Morgan fingerprint density at radius 3 is 2.89 bits per heavy atom. The first-order valence-electron chi connectivity index (χ1n) is 5.86. The summed E-state index contributed by atoms with van der Waals surface area (Å²) in [4.78, 5) is 22.3. The molecule has 6 heteroatoms. The first kappa shape index (κ1) is 11.5. The topological polar surface area (TPSA) is 95.1 Å². The molecule has 1 aliphatic rings. The van der Waals surface area contributed by atoms with E-state index in [1.165, 1.54) is 6.07 Å². The largest absolute Gasteiger partial charge is 0.477 e. The molecular formula is C13H11N3O3. The van der Waals surface area contributed by atoms with Gasteiger partial charge in [0.05, 0.1) is 11.4 Å². The van der Waals surface area contributed by atoms with Crippen LogP contribution >= 0.6 is 0 Å². The lowest BCUT2D eigenvalue weighted by atomic mass is 9.97. The molecule has 0 spiro atoms. The number of carbonyl (C=O) groups is 2. The Kier molecular flexibility index (Phi) is 2.56. The lowest BCUT2D eigenvalue weighted by molar-refractivity contribution is -0.116. The maximum Gasteiger partial charge on any atom is 0.353 e. The molecule has 1 aromatic carbocycles. The lowest BCUT2D eigenvalue weighted by Crippen LogP contribution is -2.19. The smallest absolute Gasteiger partial charge is 0.353 e. The van der Waals surface area contributed by atoms with E-state index in [0.717, 1.165) is 16.8 Å². The number of nitrogens with zero attached hydrogens (tertiary/aromatic N) is 1. The van der Waals surface area contributed by atoms with Crippen LogP contribution in [0.2, 0.25) is 0 Å². The van der Waals surface area contributed by atoms with Crippen molar-refractivity contribution < 1.29 is 14.7 Å². The highest BCUT2D eigenvalue weighted by Crippen LogP contribution is 2.33. The number of benzene rings is 1. The summed E-state index contributed by atoms with van der Waals surface area (Å²) >= 11 is 0. The highest BCUT2D eigenvalue weighted by Gasteiger charge is 2.20. The van der Waals surface area contributed by atoms with Gasteiger partial charge in [-0.05, 0) is 18.1 Å². The van der Waals surface area contributed by atoms with E-state index in [9.17, 15) is 9.59 Å². The Morgan fingerprint density at radius 2 is 2.16 bits per heavy atom. The monoisotopic (exact) mass is 257 g/mol. The predicted molar refractivity (Wildman–Crippen MR) is 67.9 cm³/mol. The van der Waals surface area contributed by atoms with Crippen molar-refractivity contribution in [1.82, 2.24) is 10.2 Å². The number of fused-ring (bicyclic) bond motifs is 1. The molecule has 0 bridgehead atoms. The second-order valence-electron chi connectivity index (χ2n) is 4.36. The molecular weight excluding hydrogens is 246 g/mol. The second-order valence-corrected chi connectivity index (χ2v) is 4.36. The maximum atomic E-state index is 11.5. The summed E-state index contributed by atoms with van der Waals surface area (Å²) in [5.74, 6) is -1.10. The number of carboxylic acid groups (broad SMARTS) is 1. The van der Waals surface area contributed by atoms with E-state index in [0.29, 0.717) is 18.5 Å². The predicted octanol–water partition coefficient (Wildman–Crippen LogP) is 1.66. The molecule has 0 saturated heterocycles. The number of carboxylic acids is 1. The Labute approximate surface area is 108 Å². The summed E-state index contributed by atoms with van der Waals surface area (Å²) in [6, 6.07) is 7.09. The molecule has 2 aromatic rings. The summed E-state index contributed by atoms with van der Waals surface area (Å²) in [5, 5.41) is 18.2. The summed E-state index contributed by atoms with van der Waals surface area (Å²) < 4.78 is 0. The van der Waals surface area contributed by atoms with Crippen molar-refractivity contribution >= 4 is 17.6 Å². The van der Waals surface area contributed by atoms with Crippen LogP contribution in [0.15, 0.2) is 24.3 Å². The van der Waals surface area contributed by atoms with E-state index >= 15 is 0 Å². The molecule has 0 unspecified atom stereocenters. The van der Waals surface area contributed by atoms with Gasteiger partial charge in [0.2, 0.25) is 5.91 Å². The van der Waals surface area contributed by atoms with Crippen LogP contribution in [0, 0.1) is 0 Å². The van der Waals surface area contributed by atoms with Gasteiger partial charge in [0.15, 0.2) is 0 Å². The molecule has 2 heterocycles. The number of aryl methyl sites for hydroxylation is 1. The third-order valence-corrected chi connectivity index (χ3v) is 3.12. The van der Waals surface area contributed by atoms with Crippen LogP contribution in [0.5, 0.6) is 0 Å². The van der Waals surface area contributed by atoms with Crippen LogP contribution in [-0.4, -0.2) is 27.2 Å². The van der Waals surface area contributed by atoms with Crippen LogP contribution in [0.3, 0.4) is 0 Å². The van der Waals surface area contributed by atoms with Crippen molar-refractivity contribution in [3.8, 4) is 11.3 Å². The van der Waals surface area contributed by atoms with E-state index in [1.807, 2.05) is 18.2 Å². The maximum absolute atomic E-state index is 11.5. The fourth-order valence-corrected chi connectivity index (χ4v) is 2.19. The standard InChI is InChI=1S/C13H11N3O3/c17-11-5-4-7-2-1-3-8(12(7)14-11)9-6-10(13(18)19)16-15-9/h1-3,6H,4-5H2,(H,14,17)(H,15,16)(H,18,19). The number of aromatic carboxylic acids is 1. The molecule has 0 atom stereocenters. The van der Waals surface area contributed by atoms with Gasteiger partial charge in [0.1, 0.15) is 5.69 Å². The van der Waals surface area contributed by atoms with E-state index in [4.69, 9.17) is 5.11 Å². The molecule has 0 fully saturated rings. The molecule has 1 aliphatic heterocycles. The van der Waals surface area contributed by atoms with Gasteiger partial charge in [0.25, 0.3) is 0 Å². The lowest BCUT2D eigenvalue weighted by Gasteiger charge is -2.19. The zero-order valence-corrected chi connectivity index (χ0v) is 9.93. The van der Waals surface area contributed by atoms with Crippen molar-refractivity contribution in [2.24, 2.45) is 0 Å². The van der Waals surface area contributed by atoms with Crippen molar-refractivity contribution in [2.45, 2.75) is 12.8 Å². The molecule has 19 heavy (non-hydrogen) atoms. The van der Waals surface area contributed by atoms with Gasteiger partial charge < -0.3 is 10.4 Å². The van der Waals surface area contributed by atoms with E-state index in [2.05, 4.69) is 15.5 Å². The average molecular weight is 257 g/mol. The number of amides is 1. The molecule has 3 N–H and O–H groups in total. The van der Waals surface area contributed by atoms with Crippen molar-refractivity contribution in [1.29, 1.82) is 0 Å². The fraction of sp³-hybridized carbons (Fsp3) is 0.154. The quantitative estimate of drug-likeness (QED) is 0.762. The van der Waals surface area contributed by atoms with Gasteiger partial charge in [-0.25, -0.2) is 4.79 Å². The summed E-state index contributed by atoms with van der Waals surface area (Å²) in [7, 11) is 0. The average Bonchev–Trinajstić information content (AvgIpc) is 2.87. The first-order valence-corrected chi connectivity index (χ1v) is 5.86. The molecule has 0 radical (unpaired) electrons. The van der Waals surface area contributed by atoms with Gasteiger partial charge in [-0.1, -0.05) is 18.2 Å². The molecule has 0 aliphatic carbocycles. The number of para-hydroxylation sites is 1. The van der Waals surface area contributed by atoms with Crippen LogP contribution in [0.25, 0.3) is 11.3 Å². The van der Waals surface area contributed by atoms with Gasteiger partial charge in [-0.3, -0.25) is 9.89 Å². The van der Waals surface area contributed by atoms with E-state index in [-0.39, 0.29) is 11.6 Å². The molecule has 1 aromatic heterocycles.